The molecule has 1 aromatic rings. The highest BCUT2D eigenvalue weighted by Gasteiger charge is 2.29. The van der Waals surface area contributed by atoms with Crippen molar-refractivity contribution in [2.45, 2.75) is 52.5 Å². The van der Waals surface area contributed by atoms with E-state index >= 15 is 0 Å². The first-order valence-electron chi connectivity index (χ1n) is 6.51. The van der Waals surface area contributed by atoms with Crippen LogP contribution in [0.5, 0.6) is 0 Å². The molecule has 3 nitrogen and oxygen atoms in total. The average molecular weight is 283 g/mol. The summed E-state index contributed by atoms with van der Waals surface area (Å²) < 4.78 is 25.1. The van der Waals surface area contributed by atoms with E-state index in [4.69, 9.17) is 5.73 Å². The Morgan fingerprint density at radius 1 is 1.11 bits per heavy atom. The number of hydrogen-bond acceptors (Lipinski definition) is 3. The van der Waals surface area contributed by atoms with Crippen molar-refractivity contribution in [2.75, 3.05) is 5.75 Å². The molecule has 0 aromatic heterocycles. The molecule has 0 spiro atoms. The highest BCUT2D eigenvalue weighted by atomic mass is 32.2. The largest absolute Gasteiger partial charge is 0.326 e. The third-order valence-corrected chi connectivity index (χ3v) is 5.49. The van der Waals surface area contributed by atoms with Gasteiger partial charge >= 0.3 is 0 Å². The van der Waals surface area contributed by atoms with Gasteiger partial charge in [0.1, 0.15) is 0 Å². The fourth-order valence-corrected chi connectivity index (χ4v) is 4.47. The standard InChI is InChI=1S/C15H25NO2S/c1-10-7-11(2)14(12(3)8-10)19(17,18)9-13(16)15(4,5)6/h7-8,13H,9,16H2,1-6H3. The Kier molecular flexibility index (Phi) is 4.47. The molecule has 1 unspecified atom stereocenters. The number of nitrogens with two attached hydrogens (primary N) is 1. The van der Waals surface area contributed by atoms with Crippen LogP contribution in [-0.4, -0.2) is 20.2 Å². The van der Waals surface area contributed by atoms with E-state index < -0.39 is 9.84 Å². The van der Waals surface area contributed by atoms with Crippen molar-refractivity contribution in [1.82, 2.24) is 0 Å². The van der Waals surface area contributed by atoms with Gasteiger partial charge in [-0.3, -0.25) is 0 Å². The van der Waals surface area contributed by atoms with Gasteiger partial charge in [0.2, 0.25) is 0 Å². The molecule has 0 bridgehead atoms. The smallest absolute Gasteiger partial charge is 0.180 e. The molecule has 0 heterocycles. The second-order valence-electron chi connectivity index (χ2n) is 6.48. The predicted molar refractivity (Wildman–Crippen MR) is 80.1 cm³/mol. The van der Waals surface area contributed by atoms with E-state index in [9.17, 15) is 8.42 Å². The van der Waals surface area contributed by atoms with Crippen LogP contribution in [0.1, 0.15) is 37.5 Å². The van der Waals surface area contributed by atoms with Gasteiger partial charge in [-0.05, 0) is 37.3 Å². The maximum Gasteiger partial charge on any atom is 0.180 e. The molecular weight excluding hydrogens is 258 g/mol. The molecule has 0 aliphatic heterocycles. The van der Waals surface area contributed by atoms with E-state index in [1.54, 1.807) is 0 Å². The average Bonchev–Trinajstić information content (AvgIpc) is 2.11. The lowest BCUT2D eigenvalue weighted by Crippen LogP contribution is -2.41. The van der Waals surface area contributed by atoms with Crippen molar-refractivity contribution in [3.63, 3.8) is 0 Å². The molecule has 1 rings (SSSR count). The highest BCUT2D eigenvalue weighted by molar-refractivity contribution is 7.91. The zero-order valence-electron chi connectivity index (χ0n) is 12.7. The SMILES string of the molecule is Cc1cc(C)c(S(=O)(=O)CC(N)C(C)(C)C)c(C)c1. The van der Waals surface area contributed by atoms with E-state index in [-0.39, 0.29) is 17.2 Å². The molecule has 0 saturated heterocycles. The second kappa shape index (κ2) is 5.25. The molecule has 1 atom stereocenters. The van der Waals surface area contributed by atoms with Crippen molar-refractivity contribution >= 4 is 9.84 Å². The third kappa shape index (κ3) is 3.80. The van der Waals surface area contributed by atoms with Crippen molar-refractivity contribution in [2.24, 2.45) is 11.1 Å². The van der Waals surface area contributed by atoms with Gasteiger partial charge in [0.25, 0.3) is 0 Å². The van der Waals surface area contributed by atoms with E-state index in [2.05, 4.69) is 0 Å². The first-order valence-corrected chi connectivity index (χ1v) is 8.16. The Labute approximate surface area is 117 Å². The number of aryl methyl sites for hydroxylation is 3. The molecule has 0 aliphatic rings. The van der Waals surface area contributed by atoms with Crippen molar-refractivity contribution in [3.8, 4) is 0 Å². The summed E-state index contributed by atoms with van der Waals surface area (Å²) in [5, 5.41) is 0. The summed E-state index contributed by atoms with van der Waals surface area (Å²) >= 11 is 0. The topological polar surface area (TPSA) is 60.2 Å². The lowest BCUT2D eigenvalue weighted by Gasteiger charge is -2.27. The number of hydrogen-bond donors (Lipinski definition) is 1. The Morgan fingerprint density at radius 3 is 1.89 bits per heavy atom. The minimum atomic E-state index is -3.35. The Balaban J connectivity index is 3.23. The lowest BCUT2D eigenvalue weighted by molar-refractivity contribution is 0.340. The third-order valence-electron chi connectivity index (χ3n) is 3.43. The Morgan fingerprint density at radius 2 is 1.53 bits per heavy atom. The van der Waals surface area contributed by atoms with Gasteiger partial charge in [-0.1, -0.05) is 38.5 Å². The summed E-state index contributed by atoms with van der Waals surface area (Å²) in [4.78, 5) is 0.442. The fraction of sp³-hybridized carbons (Fsp3) is 0.600. The number of rotatable bonds is 3. The summed E-state index contributed by atoms with van der Waals surface area (Å²) in [6, 6.07) is 3.43. The van der Waals surface area contributed by atoms with Crippen LogP contribution >= 0.6 is 0 Å². The molecule has 0 fully saturated rings. The van der Waals surface area contributed by atoms with E-state index in [1.165, 1.54) is 0 Å². The number of sulfone groups is 1. The second-order valence-corrected chi connectivity index (χ2v) is 8.45. The van der Waals surface area contributed by atoms with Gasteiger partial charge in [0, 0.05) is 6.04 Å². The number of benzene rings is 1. The van der Waals surface area contributed by atoms with E-state index in [0.717, 1.165) is 16.7 Å². The van der Waals surface area contributed by atoms with Crippen LogP contribution in [0.25, 0.3) is 0 Å². The monoisotopic (exact) mass is 283 g/mol. The summed E-state index contributed by atoms with van der Waals surface area (Å²) in [5.74, 6) is -0.0127. The molecule has 1 aromatic carbocycles. The minimum Gasteiger partial charge on any atom is -0.326 e. The van der Waals surface area contributed by atoms with Crippen LogP contribution < -0.4 is 5.73 Å². The summed E-state index contributed by atoms with van der Waals surface area (Å²) in [6.07, 6.45) is 0. The van der Waals surface area contributed by atoms with Crippen molar-refractivity contribution in [3.05, 3.63) is 28.8 Å². The van der Waals surface area contributed by atoms with Crippen LogP contribution in [0.3, 0.4) is 0 Å². The maximum atomic E-state index is 12.6. The minimum absolute atomic E-state index is 0.0127. The zero-order valence-corrected chi connectivity index (χ0v) is 13.6. The van der Waals surface area contributed by atoms with Gasteiger partial charge in [-0.2, -0.15) is 0 Å². The van der Waals surface area contributed by atoms with Crippen LogP contribution in [0, 0.1) is 26.2 Å². The quantitative estimate of drug-likeness (QED) is 0.928. The van der Waals surface area contributed by atoms with Crippen LogP contribution in [0.4, 0.5) is 0 Å². The zero-order chi connectivity index (χ0) is 15.0. The first kappa shape index (κ1) is 16.2. The van der Waals surface area contributed by atoms with Gasteiger partial charge in [0.05, 0.1) is 10.6 Å². The Hall–Kier alpha value is -0.870. The predicted octanol–water partition coefficient (Wildman–Crippen LogP) is 2.76. The molecule has 0 amide bonds. The summed E-state index contributed by atoms with van der Waals surface area (Å²) in [5.41, 5.74) is 8.49. The molecule has 2 N–H and O–H groups in total. The molecular formula is C15H25NO2S. The molecule has 108 valence electrons. The van der Waals surface area contributed by atoms with Crippen LogP contribution in [0.2, 0.25) is 0 Å². The van der Waals surface area contributed by atoms with Gasteiger partial charge < -0.3 is 5.73 Å². The van der Waals surface area contributed by atoms with Gasteiger partial charge in [-0.25, -0.2) is 8.42 Å². The van der Waals surface area contributed by atoms with Crippen LogP contribution in [-0.2, 0) is 9.84 Å². The van der Waals surface area contributed by atoms with E-state index in [1.807, 2.05) is 53.7 Å². The lowest BCUT2D eigenvalue weighted by atomic mass is 9.89. The van der Waals surface area contributed by atoms with Crippen molar-refractivity contribution < 1.29 is 8.42 Å². The first-order chi connectivity index (χ1) is 8.45. The summed E-state index contributed by atoms with van der Waals surface area (Å²) in [6.45, 7) is 11.5. The Bertz CT molecular complexity index is 545. The molecule has 0 saturated carbocycles. The molecule has 0 radical (unpaired) electrons. The summed E-state index contributed by atoms with van der Waals surface area (Å²) in [7, 11) is -3.35. The fourth-order valence-electron chi connectivity index (χ4n) is 2.23. The molecule has 4 heteroatoms. The highest BCUT2D eigenvalue weighted by Crippen LogP contribution is 2.26. The van der Waals surface area contributed by atoms with Crippen molar-refractivity contribution in [1.29, 1.82) is 0 Å². The maximum absolute atomic E-state index is 12.6. The van der Waals surface area contributed by atoms with Gasteiger partial charge in [-0.15, -0.1) is 0 Å². The van der Waals surface area contributed by atoms with Gasteiger partial charge in [0.15, 0.2) is 9.84 Å². The molecule has 0 aliphatic carbocycles. The molecule has 19 heavy (non-hydrogen) atoms. The van der Waals surface area contributed by atoms with Crippen LogP contribution in [0.15, 0.2) is 17.0 Å². The normalized spacial score (nSPS) is 14.5. The van der Waals surface area contributed by atoms with E-state index in [0.29, 0.717) is 4.90 Å².